The van der Waals surface area contributed by atoms with Crippen molar-refractivity contribution in [3.8, 4) is 0 Å². The third-order valence-corrected chi connectivity index (χ3v) is 8.31. The predicted octanol–water partition coefficient (Wildman–Crippen LogP) is 3.33. The highest BCUT2D eigenvalue weighted by Crippen LogP contribution is 2.47. The predicted molar refractivity (Wildman–Crippen MR) is 117 cm³/mol. The van der Waals surface area contributed by atoms with E-state index in [0.717, 1.165) is 15.8 Å². The zero-order chi connectivity index (χ0) is 22.0. The Morgan fingerprint density at radius 2 is 2.00 bits per heavy atom. The Morgan fingerprint density at radius 3 is 2.88 bits per heavy atom. The number of ether oxygens (including phenoxy) is 1. The molecule has 0 bridgehead atoms. The summed E-state index contributed by atoms with van der Waals surface area (Å²) in [7, 11) is 0. The molecule has 1 fully saturated rings. The molecule has 3 aliphatic heterocycles. The van der Waals surface area contributed by atoms with Crippen LogP contribution in [0.15, 0.2) is 51.6 Å². The molecule has 0 aliphatic carbocycles. The molecule has 164 valence electrons. The Hall–Kier alpha value is -2.69. The number of halogens is 2. The quantitative estimate of drug-likeness (QED) is 0.543. The lowest BCUT2D eigenvalue weighted by atomic mass is 9.97. The summed E-state index contributed by atoms with van der Waals surface area (Å²) < 4.78 is 36.5. The number of hydrogen-bond acceptors (Lipinski definition) is 6. The standard InChI is InChI=1S/C22H17F2N3O3S2/c23-15-2-1-13-14(19(15)24)11-32-17-4-8-31-21(17)20(13)27-18-10-30-7-6-25(18)22(29)16-9-12(28)3-5-26(16)27/h1-5,8-9,18,20H,6-7,10-11H2/t18-,20-/m1/s1. The number of nitrogens with zero attached hydrogens (tertiary/aromatic N) is 3. The summed E-state index contributed by atoms with van der Waals surface area (Å²) in [5.74, 6) is -1.67. The van der Waals surface area contributed by atoms with E-state index >= 15 is 0 Å². The van der Waals surface area contributed by atoms with Crippen molar-refractivity contribution < 1.29 is 18.3 Å². The highest BCUT2D eigenvalue weighted by Gasteiger charge is 2.45. The van der Waals surface area contributed by atoms with Crippen molar-refractivity contribution in [3.63, 3.8) is 0 Å². The lowest BCUT2D eigenvalue weighted by Gasteiger charge is -2.51. The minimum absolute atomic E-state index is 0.243. The minimum atomic E-state index is -0.881. The molecule has 0 N–H and O–H groups in total. The van der Waals surface area contributed by atoms with Crippen LogP contribution in [0.25, 0.3) is 0 Å². The molecular weight excluding hydrogens is 456 g/mol. The summed E-state index contributed by atoms with van der Waals surface area (Å²) in [6, 6.07) is 6.99. The number of fused-ring (bicyclic) bond motifs is 4. The van der Waals surface area contributed by atoms with Gasteiger partial charge in [-0.1, -0.05) is 6.07 Å². The first kappa shape index (κ1) is 20.0. The average molecular weight is 474 g/mol. The number of pyridine rings is 1. The van der Waals surface area contributed by atoms with Gasteiger partial charge in [0.15, 0.2) is 17.1 Å². The smallest absolute Gasteiger partial charge is 0.274 e. The largest absolute Gasteiger partial charge is 0.375 e. The van der Waals surface area contributed by atoms with Crippen LogP contribution in [0.1, 0.15) is 32.5 Å². The molecule has 6 rings (SSSR count). The number of aromatic nitrogens is 1. The van der Waals surface area contributed by atoms with Crippen LogP contribution in [0.5, 0.6) is 0 Å². The van der Waals surface area contributed by atoms with Crippen LogP contribution in [-0.4, -0.2) is 41.4 Å². The highest BCUT2D eigenvalue weighted by molar-refractivity contribution is 7.98. The van der Waals surface area contributed by atoms with Gasteiger partial charge in [0.2, 0.25) is 0 Å². The number of thioether (sulfide) groups is 1. The van der Waals surface area contributed by atoms with E-state index in [1.165, 1.54) is 35.2 Å². The van der Waals surface area contributed by atoms with Crippen molar-refractivity contribution in [2.45, 2.75) is 22.9 Å². The van der Waals surface area contributed by atoms with E-state index in [-0.39, 0.29) is 23.6 Å². The third-order valence-electron chi connectivity index (χ3n) is 6.11. The Kier molecular flexibility index (Phi) is 4.63. The zero-order valence-electron chi connectivity index (χ0n) is 16.7. The number of carbonyl (C=O) groups excluding carboxylic acids is 1. The summed E-state index contributed by atoms with van der Waals surface area (Å²) in [6.45, 7) is 1.04. The molecule has 0 saturated carbocycles. The lowest BCUT2D eigenvalue weighted by molar-refractivity contribution is -0.0193. The fourth-order valence-electron chi connectivity index (χ4n) is 4.66. The van der Waals surface area contributed by atoms with Crippen LogP contribution in [0.3, 0.4) is 0 Å². The van der Waals surface area contributed by atoms with Gasteiger partial charge in [0.25, 0.3) is 5.91 Å². The van der Waals surface area contributed by atoms with Crippen molar-refractivity contribution in [2.75, 3.05) is 24.8 Å². The van der Waals surface area contributed by atoms with Crippen LogP contribution in [0.4, 0.5) is 8.78 Å². The van der Waals surface area contributed by atoms with Crippen molar-refractivity contribution in [3.05, 3.63) is 85.5 Å². The van der Waals surface area contributed by atoms with Crippen LogP contribution >= 0.6 is 23.1 Å². The van der Waals surface area contributed by atoms with E-state index in [4.69, 9.17) is 4.74 Å². The Labute approximate surface area is 190 Å². The van der Waals surface area contributed by atoms with E-state index < -0.39 is 23.8 Å². The first-order chi connectivity index (χ1) is 15.5. The van der Waals surface area contributed by atoms with E-state index in [9.17, 15) is 18.4 Å². The molecule has 0 unspecified atom stereocenters. The summed E-state index contributed by atoms with van der Waals surface area (Å²) in [6.07, 6.45) is 1.11. The summed E-state index contributed by atoms with van der Waals surface area (Å²) in [5.41, 5.74) is 0.932. The Morgan fingerprint density at radius 1 is 1.12 bits per heavy atom. The van der Waals surface area contributed by atoms with Gasteiger partial charge in [0.05, 0.1) is 13.2 Å². The normalized spacial score (nSPS) is 22.0. The van der Waals surface area contributed by atoms with Crippen LogP contribution in [0.2, 0.25) is 0 Å². The van der Waals surface area contributed by atoms with E-state index in [0.29, 0.717) is 30.0 Å². The fourth-order valence-corrected chi connectivity index (χ4v) is 6.98. The monoisotopic (exact) mass is 473 g/mol. The van der Waals surface area contributed by atoms with Gasteiger partial charge in [-0.05, 0) is 23.1 Å². The number of morpholine rings is 1. The van der Waals surface area contributed by atoms with E-state index in [1.54, 1.807) is 21.8 Å². The van der Waals surface area contributed by atoms with Crippen LogP contribution < -0.4 is 10.4 Å². The molecule has 1 amide bonds. The van der Waals surface area contributed by atoms with Gasteiger partial charge in [-0.15, -0.1) is 23.1 Å². The van der Waals surface area contributed by atoms with E-state index in [2.05, 4.69) is 0 Å². The second-order valence-electron chi connectivity index (χ2n) is 7.80. The van der Waals surface area contributed by atoms with Crippen molar-refractivity contribution in [2.24, 2.45) is 0 Å². The van der Waals surface area contributed by atoms with Crippen molar-refractivity contribution in [1.82, 2.24) is 9.58 Å². The van der Waals surface area contributed by atoms with Gasteiger partial charge in [0.1, 0.15) is 17.9 Å². The number of carbonyl (C=O) groups is 1. The molecule has 10 heteroatoms. The van der Waals surface area contributed by atoms with Crippen LogP contribution in [0, 0.1) is 11.6 Å². The van der Waals surface area contributed by atoms with Crippen molar-refractivity contribution in [1.29, 1.82) is 0 Å². The molecule has 0 spiro atoms. The molecule has 2 atom stereocenters. The van der Waals surface area contributed by atoms with E-state index in [1.807, 2.05) is 16.5 Å². The first-order valence-corrected chi connectivity index (χ1v) is 12.0. The number of rotatable bonds is 1. The minimum Gasteiger partial charge on any atom is -0.375 e. The SMILES string of the molecule is O=C1c2cc(=O)ccn2N([C@@H]2c3ccc(F)c(F)c3CSc3ccsc32)[C@@H]2COCCN12. The molecule has 6 nitrogen and oxygen atoms in total. The molecule has 5 heterocycles. The van der Waals surface area contributed by atoms with Gasteiger partial charge in [0, 0.05) is 46.0 Å². The highest BCUT2D eigenvalue weighted by atomic mass is 32.2. The second kappa shape index (κ2) is 7.43. The maximum Gasteiger partial charge on any atom is 0.274 e. The zero-order valence-corrected chi connectivity index (χ0v) is 18.3. The number of thiophene rings is 1. The topological polar surface area (TPSA) is 54.8 Å². The number of amides is 1. The Balaban J connectivity index is 1.64. The first-order valence-electron chi connectivity index (χ1n) is 10.1. The van der Waals surface area contributed by atoms with Gasteiger partial charge >= 0.3 is 0 Å². The number of hydrogen-bond donors (Lipinski definition) is 0. The number of benzene rings is 1. The van der Waals surface area contributed by atoms with Gasteiger partial charge < -0.3 is 9.64 Å². The molecule has 0 radical (unpaired) electrons. The maximum absolute atomic E-state index is 14.9. The summed E-state index contributed by atoms with van der Waals surface area (Å²) in [4.78, 5) is 29.0. The maximum atomic E-state index is 14.9. The Bertz CT molecular complexity index is 1310. The molecule has 32 heavy (non-hydrogen) atoms. The third kappa shape index (κ3) is 2.86. The summed E-state index contributed by atoms with van der Waals surface area (Å²) in [5, 5.41) is 3.94. The molecule has 2 aromatic heterocycles. The van der Waals surface area contributed by atoms with Gasteiger partial charge in [-0.3, -0.25) is 19.3 Å². The lowest BCUT2D eigenvalue weighted by Crippen LogP contribution is -2.66. The van der Waals surface area contributed by atoms with Crippen LogP contribution in [-0.2, 0) is 10.5 Å². The molecule has 3 aromatic rings. The van der Waals surface area contributed by atoms with Crippen molar-refractivity contribution >= 4 is 29.0 Å². The molecule has 1 saturated heterocycles. The molecule has 3 aliphatic rings. The van der Waals surface area contributed by atoms with Gasteiger partial charge in [-0.2, -0.15) is 0 Å². The van der Waals surface area contributed by atoms with Gasteiger partial charge in [-0.25, -0.2) is 8.78 Å². The fraction of sp³-hybridized carbons (Fsp3) is 0.273. The summed E-state index contributed by atoms with van der Waals surface area (Å²) >= 11 is 3.00. The second-order valence-corrected chi connectivity index (χ2v) is 9.76. The average Bonchev–Trinajstić information content (AvgIpc) is 3.20. The molecule has 1 aromatic carbocycles. The molecular formula is C22H17F2N3O3S2.